The number of nitrogens with zero attached hydrogens (tertiary/aromatic N) is 3. The van der Waals surface area contributed by atoms with Gasteiger partial charge in [-0.05, 0) is 39.5 Å². The SMILES string of the molecule is CC(=O)N(C)[C@@H](C)C(=O)N[C@H]1CCCN(C(C)=O)[C@H]2CCC(C)N2C1=O. The zero-order valence-corrected chi connectivity index (χ0v) is 16.3. The first-order valence-electron chi connectivity index (χ1n) is 9.28. The standard InChI is InChI=1S/C18H30N4O4/c1-11-8-9-16-21(14(4)24)10-6-7-15(18(26)22(11)16)19-17(25)12(2)20(5)13(3)23/h11-12,15-16H,6-10H2,1-5H3,(H,19,25)/t11?,12-,15-,16+/m0/s1. The molecule has 2 heterocycles. The maximum absolute atomic E-state index is 13.1. The van der Waals surface area contributed by atoms with E-state index in [0.29, 0.717) is 19.4 Å². The Balaban J connectivity index is 2.16. The van der Waals surface area contributed by atoms with Crippen LogP contribution in [0.25, 0.3) is 0 Å². The van der Waals surface area contributed by atoms with E-state index in [2.05, 4.69) is 5.32 Å². The summed E-state index contributed by atoms with van der Waals surface area (Å²) in [6.07, 6.45) is 2.49. The van der Waals surface area contributed by atoms with Crippen LogP contribution in [0.15, 0.2) is 0 Å². The van der Waals surface area contributed by atoms with Crippen molar-refractivity contribution in [3.63, 3.8) is 0 Å². The molecule has 0 aliphatic carbocycles. The molecule has 0 spiro atoms. The second kappa shape index (κ2) is 8.05. The van der Waals surface area contributed by atoms with Crippen LogP contribution in [0.4, 0.5) is 0 Å². The number of hydrogen-bond donors (Lipinski definition) is 1. The summed E-state index contributed by atoms with van der Waals surface area (Å²) in [4.78, 5) is 54.0. The average molecular weight is 366 g/mol. The fourth-order valence-corrected chi connectivity index (χ4v) is 3.79. The van der Waals surface area contributed by atoms with Gasteiger partial charge in [-0.25, -0.2) is 0 Å². The Labute approximate surface area is 154 Å². The maximum atomic E-state index is 13.1. The number of carbonyl (C=O) groups excluding carboxylic acids is 4. The van der Waals surface area contributed by atoms with Crippen LogP contribution < -0.4 is 5.32 Å². The second-order valence-corrected chi connectivity index (χ2v) is 7.37. The summed E-state index contributed by atoms with van der Waals surface area (Å²) in [6.45, 7) is 7.13. The van der Waals surface area contributed by atoms with Crippen molar-refractivity contribution in [2.24, 2.45) is 0 Å². The van der Waals surface area contributed by atoms with Gasteiger partial charge in [0.15, 0.2) is 0 Å². The van der Waals surface area contributed by atoms with Crippen molar-refractivity contribution in [2.45, 2.75) is 77.7 Å². The molecule has 0 saturated carbocycles. The van der Waals surface area contributed by atoms with Crippen LogP contribution in [0.2, 0.25) is 0 Å². The van der Waals surface area contributed by atoms with Gasteiger partial charge in [-0.2, -0.15) is 0 Å². The molecule has 0 aromatic heterocycles. The topological polar surface area (TPSA) is 90.0 Å². The van der Waals surface area contributed by atoms with Gasteiger partial charge in [0.2, 0.25) is 23.6 Å². The highest BCUT2D eigenvalue weighted by molar-refractivity contribution is 5.92. The zero-order chi connectivity index (χ0) is 19.6. The monoisotopic (exact) mass is 366 g/mol. The highest BCUT2D eigenvalue weighted by atomic mass is 16.2. The molecule has 2 fully saturated rings. The molecular weight excluding hydrogens is 336 g/mol. The van der Waals surface area contributed by atoms with Crippen molar-refractivity contribution >= 4 is 23.6 Å². The Bertz CT molecular complexity index is 594. The number of carbonyl (C=O) groups is 4. The van der Waals surface area contributed by atoms with E-state index in [-0.39, 0.29) is 35.8 Å². The van der Waals surface area contributed by atoms with Gasteiger partial charge in [-0.3, -0.25) is 19.2 Å². The van der Waals surface area contributed by atoms with Crippen molar-refractivity contribution < 1.29 is 19.2 Å². The Kier molecular flexibility index (Phi) is 6.26. The highest BCUT2D eigenvalue weighted by Gasteiger charge is 2.43. The molecule has 26 heavy (non-hydrogen) atoms. The van der Waals surface area contributed by atoms with Crippen LogP contribution in [0.5, 0.6) is 0 Å². The zero-order valence-electron chi connectivity index (χ0n) is 16.3. The van der Waals surface area contributed by atoms with Crippen LogP contribution in [-0.4, -0.2) is 76.2 Å². The fraction of sp³-hybridized carbons (Fsp3) is 0.778. The predicted molar refractivity (Wildman–Crippen MR) is 95.8 cm³/mol. The van der Waals surface area contributed by atoms with Crippen LogP contribution in [-0.2, 0) is 19.2 Å². The average Bonchev–Trinajstić information content (AvgIpc) is 2.94. The summed E-state index contributed by atoms with van der Waals surface area (Å²) in [5, 5.41) is 2.82. The van der Waals surface area contributed by atoms with E-state index >= 15 is 0 Å². The minimum atomic E-state index is -0.647. The van der Waals surface area contributed by atoms with Crippen LogP contribution in [0.3, 0.4) is 0 Å². The van der Waals surface area contributed by atoms with Crippen molar-refractivity contribution in [1.82, 2.24) is 20.0 Å². The third-order valence-corrected chi connectivity index (χ3v) is 5.62. The lowest BCUT2D eigenvalue weighted by atomic mass is 10.1. The van der Waals surface area contributed by atoms with Crippen molar-refractivity contribution in [2.75, 3.05) is 13.6 Å². The number of nitrogens with one attached hydrogen (secondary N) is 1. The van der Waals surface area contributed by atoms with Gasteiger partial charge in [0.05, 0.1) is 0 Å². The van der Waals surface area contributed by atoms with Crippen molar-refractivity contribution in [1.29, 1.82) is 0 Å². The first-order valence-corrected chi connectivity index (χ1v) is 9.28. The molecule has 2 saturated heterocycles. The van der Waals surface area contributed by atoms with E-state index < -0.39 is 12.1 Å². The lowest BCUT2D eigenvalue weighted by Crippen LogP contribution is -2.60. The summed E-state index contributed by atoms with van der Waals surface area (Å²) in [5.74, 6) is -0.714. The fourth-order valence-electron chi connectivity index (χ4n) is 3.79. The molecule has 2 aliphatic heterocycles. The molecule has 0 bridgehead atoms. The summed E-state index contributed by atoms with van der Waals surface area (Å²) in [7, 11) is 1.57. The Morgan fingerprint density at radius 2 is 1.85 bits per heavy atom. The molecule has 1 unspecified atom stereocenters. The first kappa shape index (κ1) is 20.2. The van der Waals surface area contributed by atoms with Gasteiger partial charge in [-0.1, -0.05) is 0 Å². The Morgan fingerprint density at radius 3 is 2.42 bits per heavy atom. The van der Waals surface area contributed by atoms with Crippen LogP contribution in [0, 0.1) is 0 Å². The number of likely N-dealkylation sites (N-methyl/N-ethyl adjacent to an activating group) is 1. The minimum Gasteiger partial charge on any atom is -0.343 e. The highest BCUT2D eigenvalue weighted by Crippen LogP contribution is 2.30. The number of rotatable bonds is 3. The second-order valence-electron chi connectivity index (χ2n) is 7.37. The van der Waals surface area contributed by atoms with Gasteiger partial charge in [0.1, 0.15) is 18.2 Å². The third kappa shape index (κ3) is 3.99. The number of hydrogen-bond acceptors (Lipinski definition) is 4. The van der Waals surface area contributed by atoms with Crippen molar-refractivity contribution in [3.05, 3.63) is 0 Å². The van der Waals surface area contributed by atoms with E-state index in [1.807, 2.05) is 6.92 Å². The predicted octanol–water partition coefficient (Wildman–Crippen LogP) is 0.317. The normalized spacial score (nSPS) is 27.3. The molecule has 0 aromatic carbocycles. The quantitative estimate of drug-likeness (QED) is 0.779. The summed E-state index contributed by atoms with van der Waals surface area (Å²) >= 11 is 0. The van der Waals surface area contributed by atoms with Crippen LogP contribution in [0.1, 0.15) is 53.4 Å². The number of fused-ring (bicyclic) bond motifs is 1. The maximum Gasteiger partial charge on any atom is 0.247 e. The molecule has 0 radical (unpaired) electrons. The Hall–Kier alpha value is -2.12. The van der Waals surface area contributed by atoms with E-state index in [1.54, 1.807) is 23.8 Å². The number of amides is 4. The molecule has 4 atom stereocenters. The van der Waals surface area contributed by atoms with E-state index in [9.17, 15) is 19.2 Å². The van der Waals surface area contributed by atoms with E-state index in [0.717, 1.165) is 12.8 Å². The molecule has 2 rings (SSSR count). The molecule has 8 nitrogen and oxygen atoms in total. The van der Waals surface area contributed by atoms with Gasteiger partial charge in [-0.15, -0.1) is 0 Å². The van der Waals surface area contributed by atoms with Crippen molar-refractivity contribution in [3.8, 4) is 0 Å². The molecule has 0 aromatic rings. The smallest absolute Gasteiger partial charge is 0.247 e. The Morgan fingerprint density at radius 1 is 1.19 bits per heavy atom. The molecule has 1 N–H and O–H groups in total. The molecule has 4 amide bonds. The van der Waals surface area contributed by atoms with E-state index in [1.165, 1.54) is 18.7 Å². The lowest BCUT2D eigenvalue weighted by Gasteiger charge is -2.41. The molecule has 146 valence electrons. The van der Waals surface area contributed by atoms with Gasteiger partial charge in [0, 0.05) is 33.5 Å². The molecule has 2 aliphatic rings. The molecular formula is C18H30N4O4. The summed E-state index contributed by atoms with van der Waals surface area (Å²) in [5.41, 5.74) is 0. The summed E-state index contributed by atoms with van der Waals surface area (Å²) in [6, 6.07) is -1.24. The largest absolute Gasteiger partial charge is 0.343 e. The van der Waals surface area contributed by atoms with Gasteiger partial charge < -0.3 is 20.0 Å². The molecule has 8 heteroatoms. The first-order chi connectivity index (χ1) is 12.1. The van der Waals surface area contributed by atoms with Gasteiger partial charge in [0.25, 0.3) is 0 Å². The van der Waals surface area contributed by atoms with E-state index in [4.69, 9.17) is 0 Å². The van der Waals surface area contributed by atoms with Gasteiger partial charge >= 0.3 is 0 Å². The lowest BCUT2D eigenvalue weighted by molar-refractivity contribution is -0.149. The van der Waals surface area contributed by atoms with Crippen LogP contribution >= 0.6 is 0 Å². The minimum absolute atomic E-state index is 0.0268. The third-order valence-electron chi connectivity index (χ3n) is 5.62. The summed E-state index contributed by atoms with van der Waals surface area (Å²) < 4.78 is 0.